The van der Waals surface area contributed by atoms with Crippen LogP contribution in [-0.2, 0) is 33.7 Å². The molecular formula is C32H42N4O5. The maximum Gasteiger partial charge on any atom is 0.408 e. The molecule has 0 bridgehead atoms. The van der Waals surface area contributed by atoms with E-state index in [9.17, 15) is 19.5 Å². The summed E-state index contributed by atoms with van der Waals surface area (Å²) in [4.78, 5) is 44.1. The fourth-order valence-electron chi connectivity index (χ4n) is 5.36. The van der Waals surface area contributed by atoms with Gasteiger partial charge < -0.3 is 30.8 Å². The largest absolute Gasteiger partial charge is 0.436 e. The Morgan fingerprint density at radius 3 is 2.44 bits per heavy atom. The van der Waals surface area contributed by atoms with E-state index < -0.39 is 29.7 Å². The van der Waals surface area contributed by atoms with Gasteiger partial charge in [-0.05, 0) is 42.4 Å². The van der Waals surface area contributed by atoms with Crippen molar-refractivity contribution in [3.05, 3.63) is 71.4 Å². The molecular weight excluding hydrogens is 520 g/mol. The van der Waals surface area contributed by atoms with E-state index in [1.54, 1.807) is 0 Å². The van der Waals surface area contributed by atoms with Crippen molar-refractivity contribution in [3.63, 3.8) is 0 Å². The molecule has 2 aromatic carbocycles. The van der Waals surface area contributed by atoms with Crippen LogP contribution in [-0.4, -0.2) is 52.3 Å². The molecule has 1 aliphatic carbocycles. The van der Waals surface area contributed by atoms with E-state index >= 15 is 0 Å². The number of fused-ring (bicyclic) bond motifs is 3. The third kappa shape index (κ3) is 6.90. The molecule has 9 nitrogen and oxygen atoms in total. The number of hydrogen-bond donors (Lipinski definition) is 5. The van der Waals surface area contributed by atoms with Gasteiger partial charge in [-0.15, -0.1) is 0 Å². The molecule has 0 saturated carbocycles. The Balaban J connectivity index is 1.59. The lowest BCUT2D eigenvalue weighted by atomic mass is 9.78. The van der Waals surface area contributed by atoms with Crippen LogP contribution in [0, 0.1) is 11.8 Å². The first-order valence-electron chi connectivity index (χ1n) is 14.5. The number of amides is 3. The highest BCUT2D eigenvalue weighted by molar-refractivity contribution is 5.95. The minimum Gasteiger partial charge on any atom is -0.436 e. The zero-order valence-corrected chi connectivity index (χ0v) is 24.3. The van der Waals surface area contributed by atoms with E-state index in [0.29, 0.717) is 19.3 Å². The van der Waals surface area contributed by atoms with Gasteiger partial charge in [-0.3, -0.25) is 9.59 Å². The number of alkyl carbamates (subject to hydrolysis) is 1. The van der Waals surface area contributed by atoms with Crippen molar-refractivity contribution >= 4 is 28.8 Å². The van der Waals surface area contributed by atoms with Gasteiger partial charge in [-0.2, -0.15) is 0 Å². The van der Waals surface area contributed by atoms with Crippen molar-refractivity contribution in [2.75, 3.05) is 6.61 Å². The molecule has 41 heavy (non-hydrogen) atoms. The number of aryl methyl sites for hydroxylation is 1. The van der Waals surface area contributed by atoms with Crippen molar-refractivity contribution in [3.8, 4) is 0 Å². The van der Waals surface area contributed by atoms with Gasteiger partial charge in [0.1, 0.15) is 5.54 Å². The molecule has 0 spiro atoms. The predicted octanol–water partition coefficient (Wildman–Crippen LogP) is 3.99. The number of benzene rings is 2. The molecule has 1 aromatic heterocycles. The molecule has 4 rings (SSSR count). The number of rotatable bonds is 11. The van der Waals surface area contributed by atoms with E-state index in [1.165, 1.54) is 0 Å². The van der Waals surface area contributed by atoms with Gasteiger partial charge in [0, 0.05) is 35.5 Å². The number of aromatic nitrogens is 1. The van der Waals surface area contributed by atoms with Crippen molar-refractivity contribution in [2.45, 2.75) is 77.6 Å². The quantitative estimate of drug-likeness (QED) is 0.241. The van der Waals surface area contributed by atoms with Crippen LogP contribution in [0.1, 0.15) is 57.4 Å². The highest BCUT2D eigenvalue weighted by Gasteiger charge is 2.46. The zero-order valence-electron chi connectivity index (χ0n) is 24.3. The van der Waals surface area contributed by atoms with Crippen molar-refractivity contribution in [1.29, 1.82) is 0 Å². The summed E-state index contributed by atoms with van der Waals surface area (Å²) in [5, 5.41) is 19.7. The third-order valence-electron chi connectivity index (χ3n) is 8.23. The van der Waals surface area contributed by atoms with E-state index in [4.69, 9.17) is 4.74 Å². The van der Waals surface area contributed by atoms with Crippen molar-refractivity contribution < 1.29 is 24.2 Å². The summed E-state index contributed by atoms with van der Waals surface area (Å²) < 4.78 is 5.68. The fourth-order valence-corrected chi connectivity index (χ4v) is 5.36. The number of para-hydroxylation sites is 1. The minimum atomic E-state index is -1.28. The first-order chi connectivity index (χ1) is 19.7. The van der Waals surface area contributed by atoms with Crippen LogP contribution >= 0.6 is 0 Å². The summed E-state index contributed by atoms with van der Waals surface area (Å²) in [5.74, 6) is -1.16. The number of carbonyl (C=O) groups excluding carboxylic acids is 3. The number of aliphatic hydroxyl groups excluding tert-OH is 1. The lowest BCUT2D eigenvalue weighted by Gasteiger charge is -2.39. The first-order valence-corrected chi connectivity index (χ1v) is 14.5. The number of H-pyrrole nitrogens is 1. The number of carbonyl (C=O) groups is 3. The Kier molecular flexibility index (Phi) is 9.70. The fraction of sp³-hybridized carbons (Fsp3) is 0.469. The average Bonchev–Trinajstić information content (AvgIpc) is 3.35. The van der Waals surface area contributed by atoms with Gasteiger partial charge in [0.15, 0.2) is 6.10 Å². The monoisotopic (exact) mass is 562 g/mol. The lowest BCUT2D eigenvalue weighted by molar-refractivity contribution is -0.140. The normalized spacial score (nSPS) is 18.7. The van der Waals surface area contributed by atoms with Gasteiger partial charge >= 0.3 is 6.09 Å². The van der Waals surface area contributed by atoms with Gasteiger partial charge in [-0.25, -0.2) is 4.79 Å². The second kappa shape index (κ2) is 13.2. The number of aliphatic hydroxyl groups is 1. The highest BCUT2D eigenvalue weighted by atomic mass is 16.6. The topological polar surface area (TPSA) is 133 Å². The lowest BCUT2D eigenvalue weighted by Crippen LogP contribution is -2.65. The molecule has 0 radical (unpaired) electrons. The Hall–Kier alpha value is -3.85. The van der Waals surface area contributed by atoms with E-state index in [1.807, 2.05) is 82.3 Å². The number of aromatic amines is 1. The molecule has 5 N–H and O–H groups in total. The smallest absolute Gasteiger partial charge is 0.408 e. The Morgan fingerprint density at radius 2 is 1.76 bits per heavy atom. The van der Waals surface area contributed by atoms with Crippen LogP contribution in [0.15, 0.2) is 54.6 Å². The molecule has 0 fully saturated rings. The van der Waals surface area contributed by atoms with E-state index in [-0.39, 0.29) is 37.3 Å². The highest BCUT2D eigenvalue weighted by Crippen LogP contribution is 2.35. The van der Waals surface area contributed by atoms with Crippen LogP contribution in [0.25, 0.3) is 10.9 Å². The van der Waals surface area contributed by atoms with Crippen LogP contribution in [0.4, 0.5) is 4.79 Å². The van der Waals surface area contributed by atoms with Gasteiger partial charge in [0.25, 0.3) is 5.91 Å². The molecule has 3 amide bonds. The number of ether oxygens (including phenoxy) is 1. The second-order valence-electron chi connectivity index (χ2n) is 11.4. The van der Waals surface area contributed by atoms with Crippen molar-refractivity contribution in [2.24, 2.45) is 11.8 Å². The van der Waals surface area contributed by atoms with Crippen LogP contribution in [0.2, 0.25) is 0 Å². The number of nitrogens with one attached hydrogen (secondary N) is 4. The predicted molar refractivity (Wildman–Crippen MR) is 158 cm³/mol. The summed E-state index contributed by atoms with van der Waals surface area (Å²) in [5.41, 5.74) is 2.62. The van der Waals surface area contributed by atoms with Gasteiger partial charge in [-0.1, -0.05) is 76.2 Å². The SMILES string of the molecule is CC[C@H](C)C(OC(=O)NCc1ccccc1)C(=O)N[C@]1(C(=O)N[C@H](CO)C(C)C)CCc2[nH]c3ccccc3c2C1. The molecule has 0 aliphatic heterocycles. The molecule has 220 valence electrons. The standard InChI is InChI=1S/C32H42N4O5/c1-5-21(4)28(41-31(40)33-18-22-11-7-6-8-12-22)29(38)36-32(30(39)35-27(19-37)20(2)3)16-15-26-24(17-32)23-13-9-10-14-25(23)34-26/h6-14,20-21,27-28,34,37H,5,15-19H2,1-4H3,(H,33,40)(H,35,39)(H,36,38)/t21-,27+,28?,32+/m0/s1. The maximum absolute atomic E-state index is 14.0. The van der Waals surface area contributed by atoms with Crippen LogP contribution in [0.5, 0.6) is 0 Å². The summed E-state index contributed by atoms with van der Waals surface area (Å²) in [7, 11) is 0. The van der Waals surface area contributed by atoms with Crippen molar-refractivity contribution in [1.82, 2.24) is 20.9 Å². The van der Waals surface area contributed by atoms with E-state index in [2.05, 4.69) is 20.9 Å². The molecule has 1 heterocycles. The molecule has 3 aromatic rings. The molecule has 0 saturated heterocycles. The van der Waals surface area contributed by atoms with E-state index in [0.717, 1.165) is 27.7 Å². The Bertz CT molecular complexity index is 1350. The molecule has 9 heteroatoms. The first kappa shape index (κ1) is 30.1. The third-order valence-corrected chi connectivity index (χ3v) is 8.23. The van der Waals surface area contributed by atoms with Crippen LogP contribution in [0.3, 0.4) is 0 Å². The molecule has 1 unspecified atom stereocenters. The summed E-state index contributed by atoms with van der Waals surface area (Å²) in [6.07, 6.45) is -0.0217. The van der Waals surface area contributed by atoms with Crippen LogP contribution < -0.4 is 16.0 Å². The van der Waals surface area contributed by atoms with Gasteiger partial charge in [0.05, 0.1) is 12.6 Å². The number of hydrogen-bond acceptors (Lipinski definition) is 5. The Morgan fingerprint density at radius 1 is 1.05 bits per heavy atom. The summed E-state index contributed by atoms with van der Waals surface area (Å²) in [6.45, 7) is 7.67. The van der Waals surface area contributed by atoms with Gasteiger partial charge in [0.2, 0.25) is 5.91 Å². The maximum atomic E-state index is 14.0. The molecule has 4 atom stereocenters. The zero-order chi connectivity index (χ0) is 29.6. The summed E-state index contributed by atoms with van der Waals surface area (Å²) >= 11 is 0. The molecule has 1 aliphatic rings. The minimum absolute atomic E-state index is 0.00607. The summed E-state index contributed by atoms with van der Waals surface area (Å²) in [6, 6.07) is 16.9. The second-order valence-corrected chi connectivity index (χ2v) is 11.4. The average molecular weight is 563 g/mol. The Labute approximate surface area is 241 Å².